The van der Waals surface area contributed by atoms with E-state index in [1.54, 1.807) is 18.2 Å². The minimum absolute atomic E-state index is 0. The first kappa shape index (κ1) is 14.0. The maximum Gasteiger partial charge on any atom is 0.404 e. The van der Waals surface area contributed by atoms with E-state index < -0.39 is 12.1 Å². The molecule has 4 N–H and O–H groups in total. The number of benzene rings is 1. The van der Waals surface area contributed by atoms with E-state index in [1.807, 2.05) is 6.07 Å². The summed E-state index contributed by atoms with van der Waals surface area (Å²) >= 11 is 5.88. The van der Waals surface area contributed by atoms with Crippen LogP contribution in [0.5, 0.6) is 0 Å². The van der Waals surface area contributed by atoms with Crippen LogP contribution in [0.4, 0.5) is 4.79 Å². The second kappa shape index (κ2) is 6.50. The minimum Gasteiger partial charge on any atom is -0.465 e. The van der Waals surface area contributed by atoms with Crippen LogP contribution in [0.2, 0.25) is 5.02 Å². The average Bonchev–Trinajstić information content (AvgIpc) is 2.15. The summed E-state index contributed by atoms with van der Waals surface area (Å²) in [4.78, 5) is 10.2. The number of carbonyl (C=O) groups is 1. The van der Waals surface area contributed by atoms with Gasteiger partial charge in [-0.2, -0.15) is 0 Å². The largest absolute Gasteiger partial charge is 0.465 e. The van der Waals surface area contributed by atoms with Gasteiger partial charge in [-0.15, -0.1) is 12.4 Å². The van der Waals surface area contributed by atoms with Gasteiger partial charge < -0.3 is 16.2 Å². The van der Waals surface area contributed by atoms with Gasteiger partial charge in [0, 0.05) is 17.6 Å². The number of amides is 1. The van der Waals surface area contributed by atoms with Gasteiger partial charge in [0.2, 0.25) is 0 Å². The zero-order valence-corrected chi connectivity index (χ0v) is 9.39. The topological polar surface area (TPSA) is 75.3 Å². The summed E-state index contributed by atoms with van der Waals surface area (Å²) < 4.78 is 0. The molecule has 15 heavy (non-hydrogen) atoms. The Labute approximate surface area is 98.8 Å². The van der Waals surface area contributed by atoms with Gasteiger partial charge in [-0.1, -0.05) is 29.8 Å². The summed E-state index contributed by atoms with van der Waals surface area (Å²) in [7, 11) is 0. The molecule has 0 aliphatic carbocycles. The lowest BCUT2D eigenvalue weighted by atomic mass is 10.1. The molecule has 0 spiro atoms. The molecule has 1 aromatic rings. The number of hydrogen-bond donors (Lipinski definition) is 3. The molecule has 0 aliphatic heterocycles. The van der Waals surface area contributed by atoms with Crippen LogP contribution in [0, 0.1) is 0 Å². The highest BCUT2D eigenvalue weighted by atomic mass is 35.5. The van der Waals surface area contributed by atoms with Crippen LogP contribution < -0.4 is 11.1 Å². The van der Waals surface area contributed by atoms with E-state index in [9.17, 15) is 4.79 Å². The summed E-state index contributed by atoms with van der Waals surface area (Å²) in [6.45, 7) is 0.152. The molecule has 0 saturated carbocycles. The molecule has 4 nitrogen and oxygen atoms in total. The first-order valence-corrected chi connectivity index (χ1v) is 4.46. The first-order chi connectivity index (χ1) is 6.61. The smallest absolute Gasteiger partial charge is 0.404 e. The van der Waals surface area contributed by atoms with Crippen molar-refractivity contribution in [3.8, 4) is 0 Å². The van der Waals surface area contributed by atoms with E-state index in [4.69, 9.17) is 22.4 Å². The predicted octanol–water partition coefficient (Wildman–Crippen LogP) is 2.03. The Balaban J connectivity index is 0.00000196. The van der Waals surface area contributed by atoms with E-state index in [1.165, 1.54) is 0 Å². The molecule has 0 heterocycles. The molecular formula is C9H12Cl2N2O2. The van der Waals surface area contributed by atoms with E-state index in [0.717, 1.165) is 5.56 Å². The molecule has 0 aromatic heterocycles. The lowest BCUT2D eigenvalue weighted by molar-refractivity contribution is 0.193. The van der Waals surface area contributed by atoms with Gasteiger partial charge in [0.05, 0.1) is 0 Å². The Hall–Kier alpha value is -0.970. The molecule has 0 bridgehead atoms. The van der Waals surface area contributed by atoms with Crippen LogP contribution in [0.15, 0.2) is 24.3 Å². The van der Waals surface area contributed by atoms with Crippen molar-refractivity contribution in [3.05, 3.63) is 34.9 Å². The fourth-order valence-corrected chi connectivity index (χ4v) is 1.36. The van der Waals surface area contributed by atoms with Gasteiger partial charge in [0.1, 0.15) is 0 Å². The van der Waals surface area contributed by atoms with Crippen molar-refractivity contribution in [1.29, 1.82) is 0 Å². The van der Waals surface area contributed by atoms with Crippen LogP contribution in [0.1, 0.15) is 11.6 Å². The van der Waals surface area contributed by atoms with Crippen molar-refractivity contribution in [3.63, 3.8) is 0 Å². The predicted molar refractivity (Wildman–Crippen MR) is 61.7 cm³/mol. The molecule has 0 radical (unpaired) electrons. The molecule has 0 saturated heterocycles. The SMILES string of the molecule is Cl.NC(CNC(=O)O)c1ccccc1Cl. The Morgan fingerprint density at radius 2 is 2.13 bits per heavy atom. The lowest BCUT2D eigenvalue weighted by Crippen LogP contribution is -2.30. The maximum absolute atomic E-state index is 10.2. The standard InChI is InChI=1S/C9H11ClN2O2.ClH/c10-7-4-2-1-3-6(7)8(11)5-12-9(13)14;/h1-4,8,12H,5,11H2,(H,13,14);1H. The summed E-state index contributed by atoms with van der Waals surface area (Å²) in [6.07, 6.45) is -1.09. The fourth-order valence-electron chi connectivity index (χ4n) is 1.08. The van der Waals surface area contributed by atoms with E-state index >= 15 is 0 Å². The molecule has 0 fully saturated rings. The molecular weight excluding hydrogens is 239 g/mol. The Morgan fingerprint density at radius 1 is 1.53 bits per heavy atom. The molecule has 1 amide bonds. The molecule has 84 valence electrons. The van der Waals surface area contributed by atoms with Crippen LogP contribution in [-0.2, 0) is 0 Å². The van der Waals surface area contributed by atoms with E-state index in [-0.39, 0.29) is 19.0 Å². The highest BCUT2D eigenvalue weighted by Gasteiger charge is 2.09. The maximum atomic E-state index is 10.2. The van der Waals surface area contributed by atoms with Gasteiger partial charge in [0.15, 0.2) is 0 Å². The van der Waals surface area contributed by atoms with Crippen LogP contribution >= 0.6 is 24.0 Å². The number of carboxylic acid groups (broad SMARTS) is 1. The van der Waals surface area contributed by atoms with Crippen LogP contribution in [0.25, 0.3) is 0 Å². The second-order valence-electron chi connectivity index (χ2n) is 2.81. The molecule has 1 rings (SSSR count). The summed E-state index contributed by atoms with van der Waals surface area (Å²) in [5.41, 5.74) is 6.47. The number of nitrogens with one attached hydrogen (secondary N) is 1. The van der Waals surface area contributed by atoms with Gasteiger partial charge in [-0.25, -0.2) is 4.79 Å². The summed E-state index contributed by atoms with van der Waals surface area (Å²) in [6, 6.07) is 6.68. The normalized spacial score (nSPS) is 11.3. The monoisotopic (exact) mass is 250 g/mol. The van der Waals surface area contributed by atoms with Crippen molar-refractivity contribution in [2.24, 2.45) is 5.73 Å². The van der Waals surface area contributed by atoms with Crippen molar-refractivity contribution in [1.82, 2.24) is 5.32 Å². The fraction of sp³-hybridized carbons (Fsp3) is 0.222. The number of halogens is 2. The molecule has 1 aromatic carbocycles. The third kappa shape index (κ3) is 4.38. The molecule has 1 atom stereocenters. The van der Waals surface area contributed by atoms with E-state index in [0.29, 0.717) is 5.02 Å². The highest BCUT2D eigenvalue weighted by Crippen LogP contribution is 2.20. The van der Waals surface area contributed by atoms with Gasteiger partial charge in [0.25, 0.3) is 0 Å². The zero-order valence-electron chi connectivity index (χ0n) is 7.81. The van der Waals surface area contributed by atoms with E-state index in [2.05, 4.69) is 5.32 Å². The molecule has 6 heteroatoms. The first-order valence-electron chi connectivity index (χ1n) is 4.08. The number of rotatable bonds is 3. The Bertz CT molecular complexity index is 334. The summed E-state index contributed by atoms with van der Waals surface area (Å²) in [5, 5.41) is 11.1. The van der Waals surface area contributed by atoms with Crippen molar-refractivity contribution in [2.45, 2.75) is 6.04 Å². The van der Waals surface area contributed by atoms with Crippen molar-refractivity contribution >= 4 is 30.1 Å². The third-order valence-corrected chi connectivity index (χ3v) is 2.12. The third-order valence-electron chi connectivity index (χ3n) is 1.78. The van der Waals surface area contributed by atoms with Gasteiger partial charge >= 0.3 is 6.09 Å². The summed E-state index contributed by atoms with van der Waals surface area (Å²) in [5.74, 6) is 0. The van der Waals surface area contributed by atoms with Crippen LogP contribution in [-0.4, -0.2) is 17.7 Å². The van der Waals surface area contributed by atoms with Crippen LogP contribution in [0.3, 0.4) is 0 Å². The van der Waals surface area contributed by atoms with Crippen molar-refractivity contribution in [2.75, 3.05) is 6.54 Å². The molecule has 0 aliphatic rings. The number of nitrogens with two attached hydrogens (primary N) is 1. The zero-order chi connectivity index (χ0) is 10.6. The number of hydrogen-bond acceptors (Lipinski definition) is 2. The minimum atomic E-state index is -1.09. The quantitative estimate of drug-likeness (QED) is 0.769. The Morgan fingerprint density at radius 3 is 2.67 bits per heavy atom. The average molecular weight is 251 g/mol. The lowest BCUT2D eigenvalue weighted by Gasteiger charge is -2.12. The van der Waals surface area contributed by atoms with Gasteiger partial charge in [-0.3, -0.25) is 0 Å². The van der Waals surface area contributed by atoms with Crippen molar-refractivity contribution < 1.29 is 9.90 Å². The highest BCUT2D eigenvalue weighted by molar-refractivity contribution is 6.31. The van der Waals surface area contributed by atoms with Gasteiger partial charge in [-0.05, 0) is 11.6 Å². The Kier molecular flexibility index (Phi) is 6.08. The second-order valence-corrected chi connectivity index (χ2v) is 3.22. The molecule has 1 unspecified atom stereocenters.